The van der Waals surface area contributed by atoms with Gasteiger partial charge in [0.05, 0.1) is 25.9 Å². The van der Waals surface area contributed by atoms with Gasteiger partial charge in [0, 0.05) is 29.7 Å². The molecule has 0 bridgehead atoms. The molecule has 0 unspecified atom stereocenters. The van der Waals surface area contributed by atoms with Gasteiger partial charge in [0.25, 0.3) is 0 Å². The highest BCUT2D eigenvalue weighted by atomic mass is 35.5. The van der Waals surface area contributed by atoms with Gasteiger partial charge >= 0.3 is 0 Å². The average molecular weight is 501 g/mol. The van der Waals surface area contributed by atoms with Crippen molar-refractivity contribution in [3.8, 4) is 11.5 Å². The van der Waals surface area contributed by atoms with Crippen molar-refractivity contribution in [2.24, 2.45) is 5.92 Å². The van der Waals surface area contributed by atoms with Crippen LogP contribution in [0.5, 0.6) is 11.5 Å². The number of methoxy groups -OCH3 is 2. The van der Waals surface area contributed by atoms with Crippen LogP contribution in [-0.2, 0) is 27.1 Å². The zero-order valence-electron chi connectivity index (χ0n) is 17.9. The molecule has 1 fully saturated rings. The van der Waals surface area contributed by atoms with Gasteiger partial charge in [-0.3, -0.25) is 4.79 Å². The number of amides is 1. The van der Waals surface area contributed by atoms with E-state index in [1.54, 1.807) is 38.5 Å². The molecule has 0 aromatic heterocycles. The van der Waals surface area contributed by atoms with Crippen LogP contribution in [0, 0.1) is 5.92 Å². The van der Waals surface area contributed by atoms with E-state index < -0.39 is 15.9 Å². The van der Waals surface area contributed by atoms with Crippen LogP contribution in [0.1, 0.15) is 24.0 Å². The van der Waals surface area contributed by atoms with E-state index in [-0.39, 0.29) is 18.2 Å². The Morgan fingerprint density at radius 1 is 1.12 bits per heavy atom. The second kappa shape index (κ2) is 10.7. The van der Waals surface area contributed by atoms with Crippen molar-refractivity contribution in [1.82, 2.24) is 9.62 Å². The number of carbonyl (C=O) groups is 1. The minimum atomic E-state index is -3.63. The fourth-order valence-electron chi connectivity index (χ4n) is 3.66. The second-order valence-electron chi connectivity index (χ2n) is 7.60. The maximum Gasteiger partial charge on any atom is 0.224 e. The van der Waals surface area contributed by atoms with E-state index >= 15 is 0 Å². The van der Waals surface area contributed by atoms with Crippen molar-refractivity contribution in [3.05, 3.63) is 57.6 Å². The smallest absolute Gasteiger partial charge is 0.224 e. The van der Waals surface area contributed by atoms with Crippen molar-refractivity contribution in [2.75, 3.05) is 27.3 Å². The number of nitrogens with zero attached hydrogens (tertiary/aromatic N) is 1. The minimum absolute atomic E-state index is 0.144. The van der Waals surface area contributed by atoms with Gasteiger partial charge in [-0.05, 0) is 48.2 Å². The number of hydrogen-bond acceptors (Lipinski definition) is 5. The normalized spacial score (nSPS) is 17.1. The van der Waals surface area contributed by atoms with Crippen LogP contribution in [0.4, 0.5) is 0 Å². The highest BCUT2D eigenvalue weighted by Crippen LogP contribution is 2.28. The van der Waals surface area contributed by atoms with Crippen LogP contribution in [0.15, 0.2) is 36.4 Å². The number of rotatable bonds is 8. The number of ether oxygens (including phenoxy) is 2. The molecule has 0 spiro atoms. The fraction of sp³-hybridized carbons (Fsp3) is 0.409. The summed E-state index contributed by atoms with van der Waals surface area (Å²) in [6.07, 6.45) is 1.24. The molecule has 1 aliphatic heterocycles. The maximum atomic E-state index is 12.9. The summed E-state index contributed by atoms with van der Waals surface area (Å²) in [6.45, 7) is 0.834. The predicted octanol–water partition coefficient (Wildman–Crippen LogP) is 3.87. The van der Waals surface area contributed by atoms with Crippen LogP contribution in [0.3, 0.4) is 0 Å². The lowest BCUT2D eigenvalue weighted by molar-refractivity contribution is -0.126. The molecular weight excluding hydrogens is 475 g/mol. The molecule has 1 aliphatic rings. The molecule has 1 saturated heterocycles. The van der Waals surface area contributed by atoms with Crippen molar-refractivity contribution < 1.29 is 22.7 Å². The van der Waals surface area contributed by atoms with Crippen LogP contribution in [0.2, 0.25) is 10.0 Å². The summed E-state index contributed by atoms with van der Waals surface area (Å²) in [4.78, 5) is 12.7. The third-order valence-corrected chi connectivity index (χ3v) is 7.80. The largest absolute Gasteiger partial charge is 0.493 e. The third kappa shape index (κ3) is 6.07. The first-order chi connectivity index (χ1) is 15.2. The van der Waals surface area contributed by atoms with Crippen molar-refractivity contribution in [1.29, 1.82) is 0 Å². The molecule has 2 aromatic carbocycles. The summed E-state index contributed by atoms with van der Waals surface area (Å²) in [5.74, 6) is 0.360. The summed E-state index contributed by atoms with van der Waals surface area (Å²) < 4.78 is 37.8. The number of nitrogens with one attached hydrogen (secondary N) is 1. The standard InChI is InChI=1S/C22H26Cl2N2O5S/c1-30-20-8-5-15(10-21(20)31-2)12-25-22(27)16-4-3-9-26(13-16)32(28,29)14-17-6-7-18(23)11-19(17)24/h5-8,10-11,16H,3-4,9,12-14H2,1-2H3,(H,25,27)/t16-/m0/s1. The number of benzene rings is 2. The number of sulfonamides is 1. The van der Waals surface area contributed by atoms with Gasteiger partial charge in [-0.25, -0.2) is 12.7 Å². The highest BCUT2D eigenvalue weighted by molar-refractivity contribution is 7.88. The molecule has 174 valence electrons. The number of carbonyl (C=O) groups excluding carboxylic acids is 1. The molecule has 3 rings (SSSR count). The predicted molar refractivity (Wildman–Crippen MR) is 125 cm³/mol. The van der Waals surface area contributed by atoms with Crippen LogP contribution in [-0.4, -0.2) is 45.9 Å². The first kappa shape index (κ1) is 24.6. The maximum absolute atomic E-state index is 12.9. The monoisotopic (exact) mass is 500 g/mol. The fourth-order valence-corrected chi connectivity index (χ4v) is 5.86. The summed E-state index contributed by atoms with van der Waals surface area (Å²) in [6, 6.07) is 10.2. The Kier molecular flexibility index (Phi) is 8.27. The third-order valence-electron chi connectivity index (χ3n) is 5.42. The minimum Gasteiger partial charge on any atom is -0.493 e. The van der Waals surface area contributed by atoms with E-state index in [1.807, 2.05) is 6.07 Å². The van der Waals surface area contributed by atoms with Gasteiger partial charge in [-0.1, -0.05) is 35.3 Å². The number of halogens is 2. The highest BCUT2D eigenvalue weighted by Gasteiger charge is 2.32. The van der Waals surface area contributed by atoms with E-state index in [9.17, 15) is 13.2 Å². The van der Waals surface area contributed by atoms with Gasteiger partial charge in [-0.2, -0.15) is 0 Å². The molecule has 10 heteroatoms. The van der Waals surface area contributed by atoms with Crippen molar-refractivity contribution in [3.63, 3.8) is 0 Å². The second-order valence-corrected chi connectivity index (χ2v) is 10.4. The van der Waals surface area contributed by atoms with E-state index in [0.29, 0.717) is 53.0 Å². The first-order valence-electron chi connectivity index (χ1n) is 10.1. The Hall–Kier alpha value is -2.00. The topological polar surface area (TPSA) is 84.9 Å². The van der Waals surface area contributed by atoms with Crippen LogP contribution in [0.25, 0.3) is 0 Å². The molecular formula is C22H26Cl2N2O5S. The summed E-state index contributed by atoms with van der Waals surface area (Å²) in [7, 11) is -0.518. The molecule has 1 heterocycles. The lowest BCUT2D eigenvalue weighted by Gasteiger charge is -2.31. The SMILES string of the molecule is COc1ccc(CNC(=O)[C@H]2CCCN(S(=O)(=O)Cc3ccc(Cl)cc3Cl)C2)cc1OC. The quantitative estimate of drug-likeness (QED) is 0.594. The van der Waals surface area contributed by atoms with E-state index in [2.05, 4.69) is 5.32 Å². The summed E-state index contributed by atoms with van der Waals surface area (Å²) in [5.41, 5.74) is 1.34. The molecule has 0 saturated carbocycles. The van der Waals surface area contributed by atoms with Gasteiger partial charge in [0.2, 0.25) is 15.9 Å². The Labute approximate surface area is 198 Å². The average Bonchev–Trinajstić information content (AvgIpc) is 2.79. The van der Waals surface area contributed by atoms with Crippen LogP contribution < -0.4 is 14.8 Å². The molecule has 1 amide bonds. The molecule has 2 aromatic rings. The van der Waals surface area contributed by atoms with E-state index in [4.69, 9.17) is 32.7 Å². The van der Waals surface area contributed by atoms with E-state index in [1.165, 1.54) is 10.4 Å². The summed E-state index contributed by atoms with van der Waals surface area (Å²) in [5, 5.41) is 3.65. The number of piperidine rings is 1. The van der Waals surface area contributed by atoms with Crippen LogP contribution >= 0.6 is 23.2 Å². The molecule has 0 aliphatic carbocycles. The zero-order valence-corrected chi connectivity index (χ0v) is 20.3. The zero-order chi connectivity index (χ0) is 23.3. The molecule has 32 heavy (non-hydrogen) atoms. The summed E-state index contributed by atoms with van der Waals surface area (Å²) >= 11 is 12.0. The number of hydrogen-bond donors (Lipinski definition) is 1. The lowest BCUT2D eigenvalue weighted by atomic mass is 9.98. The molecule has 1 atom stereocenters. The van der Waals surface area contributed by atoms with Gasteiger partial charge < -0.3 is 14.8 Å². The Morgan fingerprint density at radius 3 is 2.56 bits per heavy atom. The Morgan fingerprint density at radius 2 is 1.88 bits per heavy atom. The van der Waals surface area contributed by atoms with Crippen molar-refractivity contribution in [2.45, 2.75) is 25.1 Å². The van der Waals surface area contributed by atoms with Gasteiger partial charge in [0.15, 0.2) is 11.5 Å². The lowest BCUT2D eigenvalue weighted by Crippen LogP contribution is -2.45. The molecule has 0 radical (unpaired) electrons. The Balaban J connectivity index is 1.61. The Bertz CT molecular complexity index is 1080. The van der Waals surface area contributed by atoms with Gasteiger partial charge in [-0.15, -0.1) is 0 Å². The van der Waals surface area contributed by atoms with E-state index in [0.717, 1.165) is 5.56 Å². The molecule has 1 N–H and O–H groups in total. The van der Waals surface area contributed by atoms with Crippen molar-refractivity contribution >= 4 is 39.1 Å². The van der Waals surface area contributed by atoms with Gasteiger partial charge in [0.1, 0.15) is 0 Å². The molecule has 7 nitrogen and oxygen atoms in total. The first-order valence-corrected chi connectivity index (χ1v) is 12.5.